The van der Waals surface area contributed by atoms with Gasteiger partial charge >= 0.3 is 0 Å². The number of benzene rings is 1. The zero-order valence-electron chi connectivity index (χ0n) is 12.5. The number of hydrogen-bond donors (Lipinski definition) is 2. The number of fused-ring (bicyclic) bond motifs is 1. The van der Waals surface area contributed by atoms with Crippen molar-refractivity contribution in [2.45, 2.75) is 38.8 Å². The second kappa shape index (κ2) is 6.37. The van der Waals surface area contributed by atoms with Crippen molar-refractivity contribution in [3.8, 4) is 0 Å². The summed E-state index contributed by atoms with van der Waals surface area (Å²) in [5.41, 5.74) is 2.02. The van der Waals surface area contributed by atoms with Crippen LogP contribution in [0.5, 0.6) is 0 Å². The van der Waals surface area contributed by atoms with Gasteiger partial charge in [0.1, 0.15) is 0 Å². The van der Waals surface area contributed by atoms with Gasteiger partial charge in [0, 0.05) is 26.2 Å². The molecule has 0 aromatic heterocycles. The lowest BCUT2D eigenvalue weighted by molar-refractivity contribution is -0.124. The van der Waals surface area contributed by atoms with Crippen LogP contribution in [0, 0.1) is 0 Å². The highest BCUT2D eigenvalue weighted by Gasteiger charge is 2.27. The summed E-state index contributed by atoms with van der Waals surface area (Å²) in [5.74, 6) is -0.0465. The Morgan fingerprint density at radius 2 is 2.20 bits per heavy atom. The van der Waals surface area contributed by atoms with E-state index in [4.69, 9.17) is 4.74 Å². The Labute approximate surface area is 120 Å². The quantitative estimate of drug-likeness (QED) is 0.862. The minimum Gasteiger partial charge on any atom is -0.374 e. The second-order valence-electron chi connectivity index (χ2n) is 5.79. The molecule has 0 saturated heterocycles. The average molecular weight is 276 g/mol. The van der Waals surface area contributed by atoms with Crippen LogP contribution in [0.3, 0.4) is 0 Å². The summed E-state index contributed by atoms with van der Waals surface area (Å²) in [6, 6.07) is 8.13. The third-order valence-corrected chi connectivity index (χ3v) is 3.63. The molecule has 0 saturated carbocycles. The van der Waals surface area contributed by atoms with Gasteiger partial charge in [-0.15, -0.1) is 0 Å². The number of ether oxygens (including phenoxy) is 1. The Kier molecular flexibility index (Phi) is 4.78. The van der Waals surface area contributed by atoms with Crippen molar-refractivity contribution in [1.82, 2.24) is 10.6 Å². The number of carbonyl (C=O) groups excluding carboxylic acids is 1. The number of carbonyl (C=O) groups is 1. The van der Waals surface area contributed by atoms with E-state index in [0.29, 0.717) is 19.7 Å². The first-order valence-electron chi connectivity index (χ1n) is 7.23. The smallest absolute Gasteiger partial charge is 0.228 e. The summed E-state index contributed by atoms with van der Waals surface area (Å²) >= 11 is 0. The summed E-state index contributed by atoms with van der Waals surface area (Å²) < 4.78 is 5.61. The third kappa shape index (κ3) is 3.58. The van der Waals surface area contributed by atoms with Crippen LogP contribution >= 0.6 is 0 Å². The Balaban J connectivity index is 2.01. The molecule has 4 heteroatoms. The van der Waals surface area contributed by atoms with Gasteiger partial charge in [0.15, 0.2) is 0 Å². The van der Waals surface area contributed by atoms with Gasteiger partial charge in [-0.25, -0.2) is 0 Å². The summed E-state index contributed by atoms with van der Waals surface area (Å²) in [4.78, 5) is 12.4. The van der Waals surface area contributed by atoms with Crippen molar-refractivity contribution in [3.05, 3.63) is 35.4 Å². The fourth-order valence-electron chi connectivity index (χ4n) is 2.60. The lowest BCUT2D eigenvalue weighted by Crippen LogP contribution is -2.45. The lowest BCUT2D eigenvalue weighted by Gasteiger charge is -2.29. The molecule has 0 fully saturated rings. The molecule has 2 N–H and O–H groups in total. The molecule has 1 aliphatic rings. The van der Waals surface area contributed by atoms with Gasteiger partial charge in [-0.05, 0) is 31.9 Å². The molecule has 2 rings (SSSR count). The van der Waals surface area contributed by atoms with E-state index >= 15 is 0 Å². The molecule has 1 aliphatic heterocycles. The minimum absolute atomic E-state index is 0.0671. The van der Waals surface area contributed by atoms with E-state index in [1.54, 1.807) is 0 Å². The van der Waals surface area contributed by atoms with Gasteiger partial charge in [-0.3, -0.25) is 4.79 Å². The predicted octanol–water partition coefficient (Wildman–Crippen LogP) is 1.80. The monoisotopic (exact) mass is 276 g/mol. The molecule has 1 heterocycles. The number of nitrogens with one attached hydrogen (secondary N) is 2. The highest BCUT2D eigenvalue weighted by Crippen LogP contribution is 2.24. The maximum Gasteiger partial charge on any atom is 0.228 e. The van der Waals surface area contributed by atoms with Crippen LogP contribution in [0.4, 0.5) is 0 Å². The van der Waals surface area contributed by atoms with Gasteiger partial charge < -0.3 is 15.4 Å². The topological polar surface area (TPSA) is 50.4 Å². The Bertz CT molecular complexity index is 471. The minimum atomic E-state index is -0.327. The van der Waals surface area contributed by atoms with Crippen LogP contribution < -0.4 is 10.6 Å². The third-order valence-electron chi connectivity index (χ3n) is 3.63. The van der Waals surface area contributed by atoms with E-state index in [1.165, 1.54) is 5.56 Å². The predicted molar refractivity (Wildman–Crippen MR) is 79.6 cm³/mol. The average Bonchev–Trinajstić information content (AvgIpc) is 2.44. The van der Waals surface area contributed by atoms with Crippen molar-refractivity contribution in [3.63, 3.8) is 0 Å². The van der Waals surface area contributed by atoms with Crippen molar-refractivity contribution in [1.29, 1.82) is 0 Å². The first-order chi connectivity index (χ1) is 9.53. The second-order valence-corrected chi connectivity index (χ2v) is 5.79. The normalized spacial score (nSPS) is 18.4. The molecule has 1 amide bonds. The van der Waals surface area contributed by atoms with Crippen LogP contribution in [0.1, 0.15) is 37.8 Å². The molecular weight excluding hydrogens is 252 g/mol. The standard InChI is InChI=1S/C16H24N2O2/c1-4-20-16(2,3)11-18-15(19)14-10-17-9-12-7-5-6-8-13(12)14/h5-8,14,17H,4,9-11H2,1-3H3,(H,18,19). The van der Waals surface area contributed by atoms with E-state index in [0.717, 1.165) is 12.1 Å². The van der Waals surface area contributed by atoms with E-state index in [-0.39, 0.29) is 17.4 Å². The van der Waals surface area contributed by atoms with E-state index in [2.05, 4.69) is 16.7 Å². The van der Waals surface area contributed by atoms with Gasteiger partial charge in [0.05, 0.1) is 11.5 Å². The molecule has 1 aromatic rings. The van der Waals surface area contributed by atoms with Gasteiger partial charge in [-0.1, -0.05) is 24.3 Å². The van der Waals surface area contributed by atoms with Crippen molar-refractivity contribution >= 4 is 5.91 Å². The molecule has 4 nitrogen and oxygen atoms in total. The molecule has 0 bridgehead atoms. The maximum absolute atomic E-state index is 12.4. The molecule has 1 unspecified atom stereocenters. The van der Waals surface area contributed by atoms with Crippen LogP contribution in [0.25, 0.3) is 0 Å². The molecule has 0 aliphatic carbocycles. The van der Waals surface area contributed by atoms with Crippen LogP contribution in [-0.4, -0.2) is 31.2 Å². The summed E-state index contributed by atoms with van der Waals surface area (Å²) in [7, 11) is 0. The SMILES string of the molecule is CCOC(C)(C)CNC(=O)C1CNCc2ccccc21. The summed E-state index contributed by atoms with van der Waals surface area (Å²) in [6.45, 7) is 8.65. The lowest BCUT2D eigenvalue weighted by atomic mass is 9.90. The number of rotatable bonds is 5. The molecule has 0 spiro atoms. The largest absolute Gasteiger partial charge is 0.374 e. The summed E-state index contributed by atoms with van der Waals surface area (Å²) in [5, 5.41) is 6.32. The highest BCUT2D eigenvalue weighted by molar-refractivity contribution is 5.84. The molecule has 1 aromatic carbocycles. The van der Waals surface area contributed by atoms with E-state index in [1.807, 2.05) is 39.0 Å². The number of hydrogen-bond acceptors (Lipinski definition) is 3. The Morgan fingerprint density at radius 3 is 2.95 bits per heavy atom. The van der Waals surface area contributed by atoms with Gasteiger partial charge in [0.2, 0.25) is 5.91 Å². The van der Waals surface area contributed by atoms with Crippen molar-refractivity contribution in [2.75, 3.05) is 19.7 Å². The fraction of sp³-hybridized carbons (Fsp3) is 0.562. The van der Waals surface area contributed by atoms with Crippen LogP contribution in [0.15, 0.2) is 24.3 Å². The van der Waals surface area contributed by atoms with Crippen molar-refractivity contribution in [2.24, 2.45) is 0 Å². The highest BCUT2D eigenvalue weighted by atomic mass is 16.5. The van der Waals surface area contributed by atoms with Gasteiger partial charge in [0.25, 0.3) is 0 Å². The van der Waals surface area contributed by atoms with E-state index in [9.17, 15) is 4.79 Å². The first-order valence-corrected chi connectivity index (χ1v) is 7.23. The van der Waals surface area contributed by atoms with E-state index < -0.39 is 0 Å². The molecule has 0 radical (unpaired) electrons. The Hall–Kier alpha value is -1.39. The fourth-order valence-corrected chi connectivity index (χ4v) is 2.60. The molecule has 1 atom stereocenters. The van der Waals surface area contributed by atoms with Crippen molar-refractivity contribution < 1.29 is 9.53 Å². The zero-order chi connectivity index (χ0) is 14.6. The Morgan fingerprint density at radius 1 is 1.45 bits per heavy atom. The molecule has 110 valence electrons. The first kappa shape index (κ1) is 15.0. The number of amides is 1. The van der Waals surface area contributed by atoms with Gasteiger partial charge in [-0.2, -0.15) is 0 Å². The zero-order valence-corrected chi connectivity index (χ0v) is 12.5. The van der Waals surface area contributed by atoms with Crippen LogP contribution in [-0.2, 0) is 16.1 Å². The molecular formula is C16H24N2O2. The maximum atomic E-state index is 12.4. The molecule has 20 heavy (non-hydrogen) atoms. The summed E-state index contributed by atoms with van der Waals surface area (Å²) in [6.07, 6.45) is 0. The van der Waals surface area contributed by atoms with Crippen LogP contribution in [0.2, 0.25) is 0 Å².